The topological polar surface area (TPSA) is 3.24 Å². The predicted octanol–water partition coefficient (Wildman–Crippen LogP) is 5.29. The van der Waals surface area contributed by atoms with Crippen LogP contribution in [0.1, 0.15) is 72.1 Å². The first-order valence-corrected chi connectivity index (χ1v) is 8.40. The van der Waals surface area contributed by atoms with Crippen molar-refractivity contribution in [2.75, 3.05) is 13.1 Å². The molecule has 0 unspecified atom stereocenters. The second-order valence-corrected chi connectivity index (χ2v) is 6.25. The van der Waals surface area contributed by atoms with Gasteiger partial charge in [0.25, 0.3) is 0 Å². The van der Waals surface area contributed by atoms with E-state index in [9.17, 15) is 0 Å². The summed E-state index contributed by atoms with van der Waals surface area (Å²) in [6, 6.07) is 0. The summed E-state index contributed by atoms with van der Waals surface area (Å²) in [7, 11) is 0. The SMILES string of the molecule is CCC(CC)CCN1CCC/C=C2/CCC/C2=C/1C. The fourth-order valence-electron chi connectivity index (χ4n) is 3.64. The van der Waals surface area contributed by atoms with Crippen molar-refractivity contribution in [3.63, 3.8) is 0 Å². The summed E-state index contributed by atoms with van der Waals surface area (Å²) in [6.07, 6.45) is 13.2. The minimum Gasteiger partial charge on any atom is -0.375 e. The van der Waals surface area contributed by atoms with E-state index in [4.69, 9.17) is 0 Å². The van der Waals surface area contributed by atoms with E-state index in [0.29, 0.717) is 0 Å². The summed E-state index contributed by atoms with van der Waals surface area (Å²) < 4.78 is 0. The van der Waals surface area contributed by atoms with E-state index in [1.807, 2.05) is 0 Å². The third kappa shape index (κ3) is 3.64. The Labute approximate surface area is 119 Å². The minimum atomic E-state index is 0.918. The average molecular weight is 261 g/mol. The smallest absolute Gasteiger partial charge is 0.0177 e. The number of nitrogens with zero attached hydrogens (tertiary/aromatic N) is 1. The van der Waals surface area contributed by atoms with Gasteiger partial charge in [-0.25, -0.2) is 0 Å². The molecule has 0 atom stereocenters. The predicted molar refractivity (Wildman–Crippen MR) is 84.1 cm³/mol. The Kier molecular flexibility index (Phi) is 5.54. The number of allylic oxidation sites excluding steroid dienone is 4. The molecule has 19 heavy (non-hydrogen) atoms. The van der Waals surface area contributed by atoms with Crippen molar-refractivity contribution in [1.82, 2.24) is 4.90 Å². The molecule has 1 nitrogen and oxygen atoms in total. The van der Waals surface area contributed by atoms with E-state index < -0.39 is 0 Å². The van der Waals surface area contributed by atoms with Crippen molar-refractivity contribution >= 4 is 0 Å². The van der Waals surface area contributed by atoms with Gasteiger partial charge in [0.2, 0.25) is 0 Å². The molecule has 2 aliphatic rings. The van der Waals surface area contributed by atoms with Crippen molar-refractivity contribution < 1.29 is 0 Å². The van der Waals surface area contributed by atoms with Crippen LogP contribution < -0.4 is 0 Å². The summed E-state index contributed by atoms with van der Waals surface area (Å²) >= 11 is 0. The Morgan fingerprint density at radius 1 is 1.16 bits per heavy atom. The highest BCUT2D eigenvalue weighted by atomic mass is 15.1. The van der Waals surface area contributed by atoms with E-state index in [-0.39, 0.29) is 0 Å². The van der Waals surface area contributed by atoms with Gasteiger partial charge in [-0.2, -0.15) is 0 Å². The van der Waals surface area contributed by atoms with Crippen molar-refractivity contribution in [2.45, 2.75) is 72.1 Å². The van der Waals surface area contributed by atoms with Crippen LogP contribution in [-0.2, 0) is 0 Å². The molecule has 1 saturated carbocycles. The van der Waals surface area contributed by atoms with Gasteiger partial charge in [0.1, 0.15) is 0 Å². The van der Waals surface area contributed by atoms with Crippen LogP contribution in [0.4, 0.5) is 0 Å². The highest BCUT2D eigenvalue weighted by Crippen LogP contribution is 2.35. The second-order valence-electron chi connectivity index (χ2n) is 6.25. The van der Waals surface area contributed by atoms with Gasteiger partial charge in [0.15, 0.2) is 0 Å². The Morgan fingerprint density at radius 2 is 1.95 bits per heavy atom. The van der Waals surface area contributed by atoms with E-state index >= 15 is 0 Å². The summed E-state index contributed by atoms with van der Waals surface area (Å²) in [4.78, 5) is 2.69. The van der Waals surface area contributed by atoms with Crippen molar-refractivity contribution in [3.8, 4) is 0 Å². The molecule has 0 aromatic rings. The Morgan fingerprint density at radius 3 is 2.68 bits per heavy atom. The third-order valence-corrected chi connectivity index (χ3v) is 5.16. The van der Waals surface area contributed by atoms with Crippen LogP contribution in [0.5, 0.6) is 0 Å². The van der Waals surface area contributed by atoms with Gasteiger partial charge in [-0.15, -0.1) is 0 Å². The lowest BCUT2D eigenvalue weighted by Gasteiger charge is -2.30. The first kappa shape index (κ1) is 14.7. The molecule has 0 radical (unpaired) electrons. The zero-order valence-corrected chi connectivity index (χ0v) is 13.2. The van der Waals surface area contributed by atoms with E-state index in [2.05, 4.69) is 31.7 Å². The van der Waals surface area contributed by atoms with Gasteiger partial charge in [-0.1, -0.05) is 32.8 Å². The largest absolute Gasteiger partial charge is 0.375 e. The van der Waals surface area contributed by atoms with Gasteiger partial charge < -0.3 is 4.90 Å². The number of rotatable bonds is 5. The zero-order chi connectivity index (χ0) is 13.7. The third-order valence-electron chi connectivity index (χ3n) is 5.16. The van der Waals surface area contributed by atoms with Crippen LogP contribution in [0.3, 0.4) is 0 Å². The first-order chi connectivity index (χ1) is 9.26. The van der Waals surface area contributed by atoms with Gasteiger partial charge in [-0.3, -0.25) is 0 Å². The summed E-state index contributed by atoms with van der Waals surface area (Å²) in [5, 5.41) is 0. The molecule has 0 bridgehead atoms. The maximum atomic E-state index is 2.69. The minimum absolute atomic E-state index is 0.918. The average Bonchev–Trinajstić information content (AvgIpc) is 2.87. The molecule has 0 aromatic heterocycles. The van der Waals surface area contributed by atoms with Gasteiger partial charge in [-0.05, 0) is 62.5 Å². The standard InChI is InChI=1S/C18H31N/c1-4-16(5-2)12-14-19-13-7-6-9-17-10-8-11-18(17)15(19)3/h9,16H,4-8,10-14H2,1-3H3/b17-9-,18-15-. The summed E-state index contributed by atoms with van der Waals surface area (Å²) in [5.41, 5.74) is 4.95. The van der Waals surface area contributed by atoms with Gasteiger partial charge >= 0.3 is 0 Å². The van der Waals surface area contributed by atoms with Crippen LogP contribution in [0.25, 0.3) is 0 Å². The van der Waals surface area contributed by atoms with Gasteiger partial charge in [0, 0.05) is 18.8 Å². The van der Waals surface area contributed by atoms with E-state index in [1.54, 1.807) is 16.8 Å². The maximum Gasteiger partial charge on any atom is 0.0177 e. The zero-order valence-electron chi connectivity index (χ0n) is 13.2. The molecule has 0 aromatic carbocycles. The Bertz CT molecular complexity index is 347. The van der Waals surface area contributed by atoms with Crippen LogP contribution in [-0.4, -0.2) is 18.0 Å². The lowest BCUT2D eigenvalue weighted by molar-refractivity contribution is 0.295. The molecule has 108 valence electrons. The van der Waals surface area contributed by atoms with E-state index in [0.717, 1.165) is 5.92 Å². The summed E-state index contributed by atoms with van der Waals surface area (Å²) in [5.74, 6) is 0.918. The molecular weight excluding hydrogens is 230 g/mol. The quantitative estimate of drug-likeness (QED) is 0.649. The van der Waals surface area contributed by atoms with Crippen molar-refractivity contribution in [3.05, 3.63) is 22.9 Å². The summed E-state index contributed by atoms with van der Waals surface area (Å²) in [6.45, 7) is 9.58. The molecule has 1 heteroatoms. The Hall–Kier alpha value is -0.720. The molecule has 0 N–H and O–H groups in total. The number of hydrogen-bond acceptors (Lipinski definition) is 1. The number of hydrogen-bond donors (Lipinski definition) is 0. The normalized spacial score (nSPS) is 26.9. The van der Waals surface area contributed by atoms with Gasteiger partial charge in [0.05, 0.1) is 0 Å². The van der Waals surface area contributed by atoms with Crippen molar-refractivity contribution in [1.29, 1.82) is 0 Å². The van der Waals surface area contributed by atoms with Crippen LogP contribution in [0.15, 0.2) is 22.9 Å². The fraction of sp³-hybridized carbons (Fsp3) is 0.778. The Balaban J connectivity index is 2.04. The molecule has 1 heterocycles. The monoisotopic (exact) mass is 261 g/mol. The van der Waals surface area contributed by atoms with Crippen LogP contribution in [0, 0.1) is 5.92 Å². The molecule has 0 amide bonds. The molecule has 1 aliphatic heterocycles. The molecular formula is C18H31N. The molecule has 0 saturated heterocycles. The van der Waals surface area contributed by atoms with Crippen molar-refractivity contribution in [2.24, 2.45) is 5.92 Å². The highest BCUT2D eigenvalue weighted by Gasteiger charge is 2.20. The molecule has 1 fully saturated rings. The fourth-order valence-corrected chi connectivity index (χ4v) is 3.64. The van der Waals surface area contributed by atoms with Crippen LogP contribution >= 0.6 is 0 Å². The highest BCUT2D eigenvalue weighted by molar-refractivity contribution is 5.38. The van der Waals surface area contributed by atoms with E-state index in [1.165, 1.54) is 64.5 Å². The lowest BCUT2D eigenvalue weighted by atomic mass is 9.98. The molecule has 2 rings (SSSR count). The second kappa shape index (κ2) is 7.17. The maximum absolute atomic E-state index is 2.69. The lowest BCUT2D eigenvalue weighted by Crippen LogP contribution is -2.27. The molecule has 1 aliphatic carbocycles. The molecule has 0 spiro atoms. The number of fused-ring (bicyclic) bond motifs is 1. The van der Waals surface area contributed by atoms with Crippen LogP contribution in [0.2, 0.25) is 0 Å². The first-order valence-electron chi connectivity index (χ1n) is 8.40.